The van der Waals surface area contributed by atoms with Crippen molar-refractivity contribution >= 4 is 22.3 Å². The molecule has 0 saturated carbocycles. The zero-order chi connectivity index (χ0) is 13.2. The van der Waals surface area contributed by atoms with Gasteiger partial charge in [-0.1, -0.05) is 6.92 Å². The highest BCUT2D eigenvalue weighted by Crippen LogP contribution is 2.29. The topological polar surface area (TPSA) is 45.4 Å². The van der Waals surface area contributed by atoms with Gasteiger partial charge in [-0.2, -0.15) is 0 Å². The monoisotopic (exact) mass is 256 g/mol. The van der Waals surface area contributed by atoms with Crippen LogP contribution in [0.25, 0.3) is 10.9 Å². The van der Waals surface area contributed by atoms with Crippen molar-refractivity contribution in [1.82, 2.24) is 9.88 Å². The molecular formula is C15H20N4. The van der Waals surface area contributed by atoms with E-state index < -0.39 is 0 Å². The Morgan fingerprint density at radius 2 is 1.95 bits per heavy atom. The predicted octanol–water partition coefficient (Wildman–Crippen LogP) is 1.96. The van der Waals surface area contributed by atoms with Crippen LogP contribution in [0.5, 0.6) is 0 Å². The number of aromatic nitrogens is 1. The first-order chi connectivity index (χ1) is 9.29. The van der Waals surface area contributed by atoms with Gasteiger partial charge in [-0.3, -0.25) is 4.98 Å². The van der Waals surface area contributed by atoms with Gasteiger partial charge in [0.1, 0.15) is 0 Å². The molecule has 2 aromatic rings. The molecule has 2 N–H and O–H groups in total. The number of nitrogens with two attached hydrogens (primary N) is 1. The van der Waals surface area contributed by atoms with Gasteiger partial charge in [-0.25, -0.2) is 0 Å². The van der Waals surface area contributed by atoms with Gasteiger partial charge >= 0.3 is 0 Å². The van der Waals surface area contributed by atoms with Crippen LogP contribution in [0.1, 0.15) is 6.92 Å². The molecule has 0 spiro atoms. The van der Waals surface area contributed by atoms with Crippen molar-refractivity contribution in [2.45, 2.75) is 6.92 Å². The van der Waals surface area contributed by atoms with Crippen molar-refractivity contribution < 1.29 is 0 Å². The molecule has 19 heavy (non-hydrogen) atoms. The maximum atomic E-state index is 6.01. The number of hydrogen-bond acceptors (Lipinski definition) is 4. The molecule has 1 aliphatic rings. The smallest absolute Gasteiger partial charge is 0.0951 e. The number of nitrogen functional groups attached to an aromatic ring is 1. The molecule has 1 aliphatic heterocycles. The molecule has 0 bridgehead atoms. The molecule has 0 amide bonds. The molecule has 0 radical (unpaired) electrons. The maximum absolute atomic E-state index is 6.01. The first kappa shape index (κ1) is 12.2. The standard InChI is InChI=1S/C15H20N4/c1-2-18-8-10-19(11-9-18)14-6-5-13(16)15-12(14)4-3-7-17-15/h3-7H,2,8-11,16H2,1H3. The second-order valence-electron chi connectivity index (χ2n) is 4.99. The number of rotatable bonds is 2. The lowest BCUT2D eigenvalue weighted by molar-refractivity contribution is 0.271. The summed E-state index contributed by atoms with van der Waals surface area (Å²) in [4.78, 5) is 9.33. The van der Waals surface area contributed by atoms with E-state index in [1.807, 2.05) is 12.1 Å². The molecule has 4 nitrogen and oxygen atoms in total. The molecule has 1 aromatic heterocycles. The van der Waals surface area contributed by atoms with E-state index in [2.05, 4.69) is 33.8 Å². The number of benzene rings is 1. The quantitative estimate of drug-likeness (QED) is 0.834. The molecule has 0 unspecified atom stereocenters. The fraction of sp³-hybridized carbons (Fsp3) is 0.400. The fourth-order valence-electron chi connectivity index (χ4n) is 2.76. The van der Waals surface area contributed by atoms with Crippen molar-refractivity contribution in [1.29, 1.82) is 0 Å². The Morgan fingerprint density at radius 3 is 2.68 bits per heavy atom. The lowest BCUT2D eigenvalue weighted by atomic mass is 10.1. The number of piperazine rings is 1. The molecule has 0 atom stereocenters. The van der Waals surface area contributed by atoms with Crippen molar-refractivity contribution in [2.75, 3.05) is 43.4 Å². The molecule has 1 fully saturated rings. The molecule has 2 heterocycles. The normalized spacial score (nSPS) is 17.0. The lowest BCUT2D eigenvalue weighted by Gasteiger charge is -2.36. The van der Waals surface area contributed by atoms with E-state index in [1.54, 1.807) is 6.20 Å². The van der Waals surface area contributed by atoms with Crippen LogP contribution < -0.4 is 10.6 Å². The Labute approximate surface area is 113 Å². The zero-order valence-electron chi connectivity index (χ0n) is 11.3. The van der Waals surface area contributed by atoms with E-state index in [0.717, 1.165) is 49.3 Å². The van der Waals surface area contributed by atoms with E-state index in [9.17, 15) is 0 Å². The summed E-state index contributed by atoms with van der Waals surface area (Å²) in [5.74, 6) is 0. The minimum absolute atomic E-state index is 0.756. The SMILES string of the molecule is CCN1CCN(c2ccc(N)c3ncccc23)CC1. The highest BCUT2D eigenvalue weighted by molar-refractivity contribution is 5.98. The van der Waals surface area contributed by atoms with Gasteiger partial charge in [-0.05, 0) is 30.8 Å². The Balaban J connectivity index is 1.95. The number of nitrogens with zero attached hydrogens (tertiary/aromatic N) is 3. The van der Waals surface area contributed by atoms with Gasteiger partial charge in [0.2, 0.25) is 0 Å². The summed E-state index contributed by atoms with van der Waals surface area (Å²) in [5, 5.41) is 1.16. The predicted molar refractivity (Wildman–Crippen MR) is 80.5 cm³/mol. The van der Waals surface area contributed by atoms with Crippen LogP contribution in [0.4, 0.5) is 11.4 Å². The Kier molecular flexibility index (Phi) is 3.25. The van der Waals surface area contributed by atoms with E-state index >= 15 is 0 Å². The van der Waals surface area contributed by atoms with Crippen LogP contribution in [0, 0.1) is 0 Å². The average molecular weight is 256 g/mol. The van der Waals surface area contributed by atoms with Gasteiger partial charge in [0.05, 0.1) is 11.2 Å². The van der Waals surface area contributed by atoms with Crippen LogP contribution in [0.15, 0.2) is 30.5 Å². The number of likely N-dealkylation sites (N-methyl/N-ethyl adjacent to an activating group) is 1. The van der Waals surface area contributed by atoms with Crippen molar-refractivity contribution in [3.05, 3.63) is 30.5 Å². The van der Waals surface area contributed by atoms with E-state index in [0.29, 0.717) is 0 Å². The molecule has 4 heteroatoms. The Morgan fingerprint density at radius 1 is 1.16 bits per heavy atom. The highest BCUT2D eigenvalue weighted by atomic mass is 15.3. The molecular weight excluding hydrogens is 236 g/mol. The number of fused-ring (bicyclic) bond motifs is 1. The van der Waals surface area contributed by atoms with Crippen molar-refractivity contribution in [2.24, 2.45) is 0 Å². The summed E-state index contributed by atoms with van der Waals surface area (Å²) in [6.07, 6.45) is 1.80. The number of anilines is 2. The summed E-state index contributed by atoms with van der Waals surface area (Å²) in [7, 11) is 0. The van der Waals surface area contributed by atoms with Crippen LogP contribution in [0.2, 0.25) is 0 Å². The van der Waals surface area contributed by atoms with E-state index in [4.69, 9.17) is 5.73 Å². The summed E-state index contributed by atoms with van der Waals surface area (Å²) in [6, 6.07) is 8.19. The van der Waals surface area contributed by atoms with Crippen molar-refractivity contribution in [3.63, 3.8) is 0 Å². The van der Waals surface area contributed by atoms with Gasteiger partial charge in [0.15, 0.2) is 0 Å². The van der Waals surface area contributed by atoms with Gasteiger partial charge in [0.25, 0.3) is 0 Å². The first-order valence-corrected chi connectivity index (χ1v) is 6.90. The lowest BCUT2D eigenvalue weighted by Crippen LogP contribution is -2.46. The first-order valence-electron chi connectivity index (χ1n) is 6.90. The number of pyridine rings is 1. The average Bonchev–Trinajstić information content (AvgIpc) is 2.48. The largest absolute Gasteiger partial charge is 0.397 e. The fourth-order valence-corrected chi connectivity index (χ4v) is 2.76. The summed E-state index contributed by atoms with van der Waals surface area (Å²) < 4.78 is 0. The molecule has 0 aliphatic carbocycles. The Hall–Kier alpha value is -1.81. The molecule has 1 aromatic carbocycles. The van der Waals surface area contributed by atoms with Crippen LogP contribution >= 0.6 is 0 Å². The van der Waals surface area contributed by atoms with Crippen molar-refractivity contribution in [3.8, 4) is 0 Å². The minimum atomic E-state index is 0.756. The maximum Gasteiger partial charge on any atom is 0.0951 e. The van der Waals surface area contributed by atoms with Gasteiger partial charge in [-0.15, -0.1) is 0 Å². The Bertz CT molecular complexity index is 573. The van der Waals surface area contributed by atoms with Crippen LogP contribution in [-0.4, -0.2) is 42.6 Å². The molecule has 1 saturated heterocycles. The number of hydrogen-bond donors (Lipinski definition) is 1. The minimum Gasteiger partial charge on any atom is -0.397 e. The van der Waals surface area contributed by atoms with Gasteiger partial charge in [0, 0.05) is 43.4 Å². The zero-order valence-corrected chi connectivity index (χ0v) is 11.3. The van der Waals surface area contributed by atoms with E-state index in [-0.39, 0.29) is 0 Å². The second-order valence-corrected chi connectivity index (χ2v) is 4.99. The summed E-state index contributed by atoms with van der Waals surface area (Å²) in [6.45, 7) is 7.75. The van der Waals surface area contributed by atoms with Crippen LogP contribution in [0.3, 0.4) is 0 Å². The third-order valence-electron chi connectivity index (χ3n) is 3.94. The molecule has 3 rings (SSSR count). The van der Waals surface area contributed by atoms with Gasteiger partial charge < -0.3 is 15.5 Å². The second kappa shape index (κ2) is 5.05. The molecule has 100 valence electrons. The van der Waals surface area contributed by atoms with E-state index in [1.165, 1.54) is 5.69 Å². The highest BCUT2D eigenvalue weighted by Gasteiger charge is 2.18. The van der Waals surface area contributed by atoms with Crippen LogP contribution in [-0.2, 0) is 0 Å². The summed E-state index contributed by atoms with van der Waals surface area (Å²) in [5.41, 5.74) is 8.94. The summed E-state index contributed by atoms with van der Waals surface area (Å²) >= 11 is 0. The third-order valence-corrected chi connectivity index (χ3v) is 3.94. The third kappa shape index (κ3) is 2.24.